The summed E-state index contributed by atoms with van der Waals surface area (Å²) in [5.41, 5.74) is 0.975. The van der Waals surface area contributed by atoms with Gasteiger partial charge in [-0.1, -0.05) is 0 Å². The van der Waals surface area contributed by atoms with Crippen molar-refractivity contribution in [2.45, 2.75) is 0 Å². The van der Waals surface area contributed by atoms with E-state index in [1.54, 1.807) is 13.2 Å². The Balaban J connectivity index is 2.59. The minimum atomic E-state index is 0.914. The van der Waals surface area contributed by atoms with Gasteiger partial charge in [-0.15, -0.1) is 0 Å². The fourth-order valence-corrected chi connectivity index (χ4v) is 0.457. The summed E-state index contributed by atoms with van der Waals surface area (Å²) in [5.74, 6) is 0.914. The molecule has 3 nitrogen and oxygen atoms in total. The van der Waals surface area contributed by atoms with E-state index in [-0.39, 0.29) is 0 Å². The van der Waals surface area contributed by atoms with Crippen LogP contribution in [0.4, 0.5) is 0 Å². The van der Waals surface area contributed by atoms with Gasteiger partial charge in [-0.2, -0.15) is 0 Å². The van der Waals surface area contributed by atoms with Crippen LogP contribution in [0.15, 0.2) is 21.9 Å². The SMILES string of the molecule is C=N/C=C1/N/C1=N/C. The van der Waals surface area contributed by atoms with Crippen molar-refractivity contribution in [3.63, 3.8) is 0 Å². The van der Waals surface area contributed by atoms with Crippen molar-refractivity contribution in [1.82, 2.24) is 5.32 Å². The largest absolute Gasteiger partial charge is 0.334 e. The molecule has 3 heteroatoms. The molecular weight excluding hydrogens is 102 g/mol. The maximum absolute atomic E-state index is 3.85. The predicted octanol–water partition coefficient (Wildman–Crippen LogP) is 0.160. The minimum Gasteiger partial charge on any atom is -0.334 e. The molecule has 0 saturated carbocycles. The van der Waals surface area contributed by atoms with Gasteiger partial charge in [-0.25, -0.2) is 0 Å². The second kappa shape index (κ2) is 1.78. The Bertz CT molecular complexity index is 167. The summed E-state index contributed by atoms with van der Waals surface area (Å²) < 4.78 is 0. The second-order valence-electron chi connectivity index (χ2n) is 1.42. The minimum absolute atomic E-state index is 0.914. The molecule has 1 heterocycles. The highest BCUT2D eigenvalue weighted by molar-refractivity contribution is 6.14. The number of hydrogen-bond acceptors (Lipinski definition) is 2. The lowest BCUT2D eigenvalue weighted by Gasteiger charge is -1.60. The first-order valence-corrected chi connectivity index (χ1v) is 2.28. The van der Waals surface area contributed by atoms with E-state index in [0.717, 1.165) is 11.5 Å². The first-order valence-electron chi connectivity index (χ1n) is 2.28. The number of hydrogen-bond donors (Lipinski definition) is 1. The molecule has 1 saturated heterocycles. The van der Waals surface area contributed by atoms with Gasteiger partial charge < -0.3 is 5.32 Å². The summed E-state index contributed by atoms with van der Waals surface area (Å²) in [6.45, 7) is 3.29. The molecule has 42 valence electrons. The number of rotatable bonds is 1. The van der Waals surface area contributed by atoms with E-state index in [4.69, 9.17) is 0 Å². The zero-order chi connectivity index (χ0) is 5.98. The van der Waals surface area contributed by atoms with Gasteiger partial charge in [0, 0.05) is 7.05 Å². The summed E-state index contributed by atoms with van der Waals surface area (Å²) in [5, 5.41) is 2.90. The highest BCUT2D eigenvalue weighted by Crippen LogP contribution is 2.05. The Hall–Kier alpha value is -1.12. The van der Waals surface area contributed by atoms with Crippen LogP contribution in [0.3, 0.4) is 0 Å². The van der Waals surface area contributed by atoms with Crippen molar-refractivity contribution in [2.24, 2.45) is 9.98 Å². The van der Waals surface area contributed by atoms with Gasteiger partial charge in [0.2, 0.25) is 0 Å². The summed E-state index contributed by atoms with van der Waals surface area (Å²) in [7, 11) is 1.73. The molecule has 0 aromatic rings. The molecule has 1 aliphatic heterocycles. The van der Waals surface area contributed by atoms with Crippen molar-refractivity contribution in [3.8, 4) is 0 Å². The normalized spacial score (nSPS) is 25.6. The first kappa shape index (κ1) is 5.03. The zero-order valence-corrected chi connectivity index (χ0v) is 4.68. The molecule has 1 fully saturated rings. The van der Waals surface area contributed by atoms with Gasteiger partial charge in [0.25, 0.3) is 0 Å². The van der Waals surface area contributed by atoms with E-state index in [9.17, 15) is 0 Å². The highest BCUT2D eigenvalue weighted by atomic mass is 15.2. The van der Waals surface area contributed by atoms with Crippen LogP contribution in [0.5, 0.6) is 0 Å². The molecule has 0 spiro atoms. The van der Waals surface area contributed by atoms with Crippen LogP contribution in [0.25, 0.3) is 0 Å². The van der Waals surface area contributed by atoms with Crippen LogP contribution < -0.4 is 5.32 Å². The van der Waals surface area contributed by atoms with Gasteiger partial charge >= 0.3 is 0 Å². The van der Waals surface area contributed by atoms with E-state index in [1.165, 1.54) is 0 Å². The van der Waals surface area contributed by atoms with Crippen LogP contribution in [-0.2, 0) is 0 Å². The smallest absolute Gasteiger partial charge is 0.151 e. The lowest BCUT2D eigenvalue weighted by molar-refractivity contribution is 1.41. The molecule has 1 N–H and O–H groups in total. The molecule has 1 rings (SSSR count). The van der Waals surface area contributed by atoms with E-state index >= 15 is 0 Å². The van der Waals surface area contributed by atoms with Gasteiger partial charge in [0.05, 0.1) is 6.20 Å². The van der Waals surface area contributed by atoms with Crippen molar-refractivity contribution in [1.29, 1.82) is 0 Å². The Labute approximate surface area is 47.8 Å². The standard InChI is InChI=1S/C5H7N3/c1-6-3-4-5(7-2)8-4/h3H,1H2,2H3,(H,7,8)/b4-3+. The number of nitrogens with zero attached hydrogens (tertiary/aromatic N) is 2. The molecule has 0 amide bonds. The van der Waals surface area contributed by atoms with Gasteiger partial charge in [0.15, 0.2) is 5.84 Å². The second-order valence-corrected chi connectivity index (χ2v) is 1.42. The van der Waals surface area contributed by atoms with E-state index < -0.39 is 0 Å². The quantitative estimate of drug-likeness (QED) is 0.378. The van der Waals surface area contributed by atoms with Crippen molar-refractivity contribution in [3.05, 3.63) is 11.9 Å². The Morgan fingerprint density at radius 2 is 2.50 bits per heavy atom. The maximum atomic E-state index is 3.85. The summed E-state index contributed by atoms with van der Waals surface area (Å²) in [4.78, 5) is 7.39. The van der Waals surface area contributed by atoms with Crippen molar-refractivity contribution >= 4 is 12.6 Å². The van der Waals surface area contributed by atoms with E-state index in [2.05, 4.69) is 22.0 Å². The summed E-state index contributed by atoms with van der Waals surface area (Å²) in [6, 6.07) is 0. The molecule has 0 bridgehead atoms. The molecule has 1 aliphatic rings. The molecule has 0 aromatic heterocycles. The molecule has 0 aromatic carbocycles. The van der Waals surface area contributed by atoms with Crippen LogP contribution in [0.1, 0.15) is 0 Å². The van der Waals surface area contributed by atoms with Crippen molar-refractivity contribution in [2.75, 3.05) is 7.05 Å². The number of nitrogens with one attached hydrogen (secondary N) is 1. The average molecular weight is 109 g/mol. The molecule has 0 atom stereocenters. The third-order valence-electron chi connectivity index (χ3n) is 0.890. The van der Waals surface area contributed by atoms with Gasteiger partial charge in [0.1, 0.15) is 5.70 Å². The van der Waals surface area contributed by atoms with E-state index in [1.807, 2.05) is 0 Å². The Kier molecular flexibility index (Phi) is 1.12. The summed E-state index contributed by atoms with van der Waals surface area (Å²) in [6.07, 6.45) is 1.64. The predicted molar refractivity (Wildman–Crippen MR) is 34.1 cm³/mol. The number of amidine groups is 1. The van der Waals surface area contributed by atoms with Crippen LogP contribution in [-0.4, -0.2) is 19.6 Å². The topological polar surface area (TPSA) is 46.7 Å². The third kappa shape index (κ3) is 0.753. The summed E-state index contributed by atoms with van der Waals surface area (Å²) >= 11 is 0. The fourth-order valence-electron chi connectivity index (χ4n) is 0.457. The van der Waals surface area contributed by atoms with Gasteiger partial charge in [-0.05, 0) is 6.72 Å². The fraction of sp³-hybridized carbons (Fsp3) is 0.200. The molecule has 0 unspecified atom stereocenters. The van der Waals surface area contributed by atoms with E-state index in [0.29, 0.717) is 0 Å². The maximum Gasteiger partial charge on any atom is 0.151 e. The molecule has 0 radical (unpaired) electrons. The third-order valence-corrected chi connectivity index (χ3v) is 0.890. The van der Waals surface area contributed by atoms with Crippen LogP contribution >= 0.6 is 0 Å². The molecule has 8 heavy (non-hydrogen) atoms. The monoisotopic (exact) mass is 109 g/mol. The number of aliphatic imine (C=N–C) groups is 2. The lowest BCUT2D eigenvalue weighted by atomic mass is 10.7. The highest BCUT2D eigenvalue weighted by Gasteiger charge is 2.19. The molecule has 0 aliphatic carbocycles. The molecular formula is C5H7N3. The zero-order valence-electron chi connectivity index (χ0n) is 4.68. The van der Waals surface area contributed by atoms with Crippen LogP contribution in [0.2, 0.25) is 0 Å². The Morgan fingerprint density at radius 1 is 1.75 bits per heavy atom. The van der Waals surface area contributed by atoms with Gasteiger partial charge in [-0.3, -0.25) is 9.98 Å². The average Bonchev–Trinajstić information content (AvgIpc) is 2.48. The van der Waals surface area contributed by atoms with Crippen molar-refractivity contribution < 1.29 is 0 Å². The lowest BCUT2D eigenvalue weighted by Crippen LogP contribution is -1.70. The van der Waals surface area contributed by atoms with Crippen LogP contribution in [0, 0.1) is 0 Å². The Morgan fingerprint density at radius 3 is 2.88 bits per heavy atom. The first-order chi connectivity index (χ1) is 3.88.